The number of aromatic amines is 1. The molecule has 0 fully saturated rings. The van der Waals surface area contributed by atoms with Crippen LogP contribution in [0.15, 0.2) is 85.2 Å². The molecule has 0 aliphatic rings. The molecule has 0 aliphatic carbocycles. The second-order valence-electron chi connectivity index (χ2n) is 6.18. The lowest BCUT2D eigenvalue weighted by Gasteiger charge is -2.18. The average Bonchev–Trinajstić information content (AvgIpc) is 3.14. The molecule has 0 aliphatic heterocycles. The van der Waals surface area contributed by atoms with Crippen LogP contribution in [0.4, 0.5) is 0 Å². The molecule has 1 amide bonds. The van der Waals surface area contributed by atoms with Gasteiger partial charge >= 0.3 is 0 Å². The van der Waals surface area contributed by atoms with E-state index in [4.69, 9.17) is 0 Å². The van der Waals surface area contributed by atoms with Crippen molar-refractivity contribution < 1.29 is 4.79 Å². The van der Waals surface area contributed by atoms with E-state index in [-0.39, 0.29) is 11.8 Å². The molecule has 4 nitrogen and oxygen atoms in total. The summed E-state index contributed by atoms with van der Waals surface area (Å²) in [5.41, 5.74) is 3.87. The molecule has 0 radical (unpaired) electrons. The first-order chi connectivity index (χ1) is 12.8. The summed E-state index contributed by atoms with van der Waals surface area (Å²) < 4.78 is 0. The fraction of sp³-hybridized carbons (Fsp3) is 0.0909. The third-order valence-electron chi connectivity index (χ3n) is 4.56. The number of aromatic nitrogens is 2. The molecular formula is C22H19N3O. The zero-order chi connectivity index (χ0) is 17.8. The van der Waals surface area contributed by atoms with Crippen molar-refractivity contribution in [3.63, 3.8) is 0 Å². The van der Waals surface area contributed by atoms with Crippen LogP contribution in [0.3, 0.4) is 0 Å². The van der Waals surface area contributed by atoms with Gasteiger partial charge in [-0.05, 0) is 29.3 Å². The van der Waals surface area contributed by atoms with Crippen LogP contribution in [0.1, 0.15) is 27.5 Å². The van der Waals surface area contributed by atoms with Crippen molar-refractivity contribution in [2.45, 2.75) is 5.92 Å². The fourth-order valence-electron chi connectivity index (χ4n) is 3.26. The summed E-state index contributed by atoms with van der Waals surface area (Å²) >= 11 is 0. The number of benzene rings is 2. The molecule has 2 heterocycles. The molecule has 4 aromatic rings. The molecule has 0 spiro atoms. The summed E-state index contributed by atoms with van der Waals surface area (Å²) in [6, 6.07) is 23.8. The van der Waals surface area contributed by atoms with E-state index in [1.807, 2.05) is 42.6 Å². The van der Waals surface area contributed by atoms with Gasteiger partial charge in [-0.3, -0.25) is 9.78 Å². The highest BCUT2D eigenvalue weighted by Crippen LogP contribution is 2.30. The van der Waals surface area contributed by atoms with Crippen molar-refractivity contribution in [2.24, 2.45) is 0 Å². The number of carbonyl (C=O) groups excluding carboxylic acids is 1. The maximum atomic E-state index is 12.4. The zero-order valence-corrected chi connectivity index (χ0v) is 14.2. The van der Waals surface area contributed by atoms with Crippen LogP contribution in [-0.4, -0.2) is 22.4 Å². The fourth-order valence-corrected chi connectivity index (χ4v) is 3.26. The molecule has 4 rings (SSSR count). The van der Waals surface area contributed by atoms with E-state index < -0.39 is 0 Å². The van der Waals surface area contributed by atoms with Crippen molar-refractivity contribution >= 4 is 16.8 Å². The highest BCUT2D eigenvalue weighted by atomic mass is 16.1. The quantitative estimate of drug-likeness (QED) is 0.573. The minimum Gasteiger partial charge on any atom is -0.361 e. The van der Waals surface area contributed by atoms with Gasteiger partial charge in [0.05, 0.1) is 0 Å². The maximum Gasteiger partial charge on any atom is 0.269 e. The van der Waals surface area contributed by atoms with Crippen molar-refractivity contribution in [2.75, 3.05) is 6.54 Å². The van der Waals surface area contributed by atoms with Crippen LogP contribution < -0.4 is 5.32 Å². The molecule has 2 N–H and O–H groups in total. The number of nitrogens with one attached hydrogen (secondary N) is 2. The summed E-state index contributed by atoms with van der Waals surface area (Å²) in [5, 5.41) is 4.21. The monoisotopic (exact) mass is 341 g/mol. The molecule has 1 atom stereocenters. The molecule has 2 aromatic heterocycles. The van der Waals surface area contributed by atoms with Crippen LogP contribution in [-0.2, 0) is 0 Å². The van der Waals surface area contributed by atoms with E-state index in [9.17, 15) is 4.79 Å². The Morgan fingerprint density at radius 3 is 2.54 bits per heavy atom. The van der Waals surface area contributed by atoms with Gasteiger partial charge in [0.15, 0.2) is 0 Å². The van der Waals surface area contributed by atoms with Gasteiger partial charge in [-0.1, -0.05) is 54.6 Å². The Kier molecular flexibility index (Phi) is 4.48. The van der Waals surface area contributed by atoms with Gasteiger partial charge in [0.1, 0.15) is 5.69 Å². The van der Waals surface area contributed by atoms with Crippen LogP contribution >= 0.6 is 0 Å². The Hall–Kier alpha value is -3.40. The number of H-pyrrole nitrogens is 1. The highest BCUT2D eigenvalue weighted by molar-refractivity contribution is 5.92. The average molecular weight is 341 g/mol. The molecule has 4 heteroatoms. The number of amides is 1. The Morgan fingerprint density at radius 2 is 1.73 bits per heavy atom. The zero-order valence-electron chi connectivity index (χ0n) is 14.2. The number of carbonyl (C=O) groups is 1. The number of rotatable bonds is 5. The molecule has 0 saturated heterocycles. The van der Waals surface area contributed by atoms with Gasteiger partial charge in [0.2, 0.25) is 0 Å². The number of para-hydroxylation sites is 1. The lowest BCUT2D eigenvalue weighted by molar-refractivity contribution is 0.0947. The summed E-state index contributed by atoms with van der Waals surface area (Å²) in [6.45, 7) is 0.501. The lowest BCUT2D eigenvalue weighted by Crippen LogP contribution is -2.29. The predicted molar refractivity (Wildman–Crippen MR) is 103 cm³/mol. The summed E-state index contributed by atoms with van der Waals surface area (Å²) in [5.74, 6) is -0.105. The Balaban J connectivity index is 1.65. The smallest absolute Gasteiger partial charge is 0.269 e. The van der Waals surface area contributed by atoms with Gasteiger partial charge in [-0.25, -0.2) is 0 Å². The molecule has 26 heavy (non-hydrogen) atoms. The van der Waals surface area contributed by atoms with Crippen LogP contribution in [0.25, 0.3) is 10.9 Å². The number of hydrogen-bond donors (Lipinski definition) is 2. The van der Waals surface area contributed by atoms with Gasteiger partial charge in [0, 0.05) is 35.8 Å². The SMILES string of the molecule is O=C(NCC(c1ccccc1)c1c[nH]c2ccccc12)c1ccccn1. The van der Waals surface area contributed by atoms with E-state index in [0.717, 1.165) is 5.52 Å². The maximum absolute atomic E-state index is 12.4. The standard InChI is InChI=1S/C22H19N3O/c26-22(21-12-6-7-13-23-21)25-14-18(16-8-2-1-3-9-16)19-15-24-20-11-5-4-10-17(19)20/h1-13,15,18,24H,14H2,(H,25,26). The lowest BCUT2D eigenvalue weighted by atomic mass is 9.91. The summed E-state index contributed by atoms with van der Waals surface area (Å²) in [6.07, 6.45) is 3.67. The molecule has 1 unspecified atom stereocenters. The molecule has 0 bridgehead atoms. The van der Waals surface area contributed by atoms with Crippen LogP contribution in [0.5, 0.6) is 0 Å². The summed E-state index contributed by atoms with van der Waals surface area (Å²) in [4.78, 5) is 19.9. The third kappa shape index (κ3) is 3.22. The first-order valence-corrected chi connectivity index (χ1v) is 8.63. The van der Waals surface area contributed by atoms with Crippen molar-refractivity contribution in [1.82, 2.24) is 15.3 Å². The van der Waals surface area contributed by atoms with Crippen molar-refractivity contribution in [3.05, 3.63) is 102 Å². The molecule has 2 aromatic carbocycles. The number of fused-ring (bicyclic) bond motifs is 1. The minimum absolute atomic E-state index is 0.0556. The van der Waals surface area contributed by atoms with Gasteiger partial charge in [-0.15, -0.1) is 0 Å². The minimum atomic E-state index is -0.161. The number of nitrogens with zero attached hydrogens (tertiary/aromatic N) is 1. The van der Waals surface area contributed by atoms with Gasteiger partial charge < -0.3 is 10.3 Å². The van der Waals surface area contributed by atoms with E-state index in [1.165, 1.54) is 16.5 Å². The van der Waals surface area contributed by atoms with Crippen LogP contribution in [0.2, 0.25) is 0 Å². The van der Waals surface area contributed by atoms with Crippen molar-refractivity contribution in [3.8, 4) is 0 Å². The number of hydrogen-bond acceptors (Lipinski definition) is 2. The second-order valence-corrected chi connectivity index (χ2v) is 6.18. The Labute approximate surface area is 151 Å². The predicted octanol–water partition coefficient (Wildman–Crippen LogP) is 4.12. The Bertz CT molecular complexity index is 1010. The molecule has 0 saturated carbocycles. The van der Waals surface area contributed by atoms with Gasteiger partial charge in [0.25, 0.3) is 5.91 Å². The number of pyridine rings is 1. The second kappa shape index (κ2) is 7.23. The first-order valence-electron chi connectivity index (χ1n) is 8.63. The van der Waals surface area contributed by atoms with Crippen LogP contribution in [0, 0.1) is 0 Å². The Morgan fingerprint density at radius 1 is 0.962 bits per heavy atom. The molecule has 128 valence electrons. The largest absolute Gasteiger partial charge is 0.361 e. The van der Waals surface area contributed by atoms with Crippen molar-refractivity contribution in [1.29, 1.82) is 0 Å². The highest BCUT2D eigenvalue weighted by Gasteiger charge is 2.19. The third-order valence-corrected chi connectivity index (χ3v) is 4.56. The summed E-state index contributed by atoms with van der Waals surface area (Å²) in [7, 11) is 0. The normalized spacial score (nSPS) is 12.0. The first kappa shape index (κ1) is 16.1. The topological polar surface area (TPSA) is 57.8 Å². The van der Waals surface area contributed by atoms with E-state index in [1.54, 1.807) is 18.3 Å². The molecular weight excluding hydrogens is 322 g/mol. The van der Waals surface area contributed by atoms with E-state index >= 15 is 0 Å². The van der Waals surface area contributed by atoms with Gasteiger partial charge in [-0.2, -0.15) is 0 Å². The van der Waals surface area contributed by atoms with E-state index in [0.29, 0.717) is 12.2 Å². The van der Waals surface area contributed by atoms with E-state index in [2.05, 4.69) is 39.6 Å².